The van der Waals surface area contributed by atoms with Crippen LogP contribution in [0.1, 0.15) is 5.56 Å². The van der Waals surface area contributed by atoms with Crippen molar-refractivity contribution in [3.63, 3.8) is 0 Å². The molecule has 174 valence electrons. The number of esters is 1. The Morgan fingerprint density at radius 2 is 1.59 bits per heavy atom. The molecule has 4 rings (SSSR count). The van der Waals surface area contributed by atoms with Gasteiger partial charge in [-0.25, -0.2) is 9.78 Å². The van der Waals surface area contributed by atoms with Crippen LogP contribution in [0.25, 0.3) is 10.2 Å². The number of nitrogens with one attached hydrogen (secondary N) is 1. The van der Waals surface area contributed by atoms with Gasteiger partial charge in [0.05, 0.1) is 17.3 Å². The van der Waals surface area contributed by atoms with Crippen LogP contribution in [0, 0.1) is 0 Å². The molecule has 4 aromatic rings. The molecule has 0 aliphatic heterocycles. The second kappa shape index (κ2) is 11.2. The van der Waals surface area contributed by atoms with Crippen LogP contribution in [0.15, 0.2) is 72.8 Å². The topological polar surface area (TPSA) is 96.0 Å². The highest BCUT2D eigenvalue weighted by atomic mass is 32.1. The van der Waals surface area contributed by atoms with E-state index in [1.165, 1.54) is 11.3 Å². The van der Waals surface area contributed by atoms with Gasteiger partial charge in [0.15, 0.2) is 18.3 Å². The monoisotopic (exact) mass is 478 g/mol. The number of hydrogen-bond acceptors (Lipinski definition) is 8. The molecule has 8 nitrogen and oxygen atoms in total. The molecule has 1 amide bonds. The number of nitrogens with zero attached hydrogens (tertiary/aromatic N) is 1. The highest BCUT2D eigenvalue weighted by molar-refractivity contribution is 7.22. The Labute approximate surface area is 200 Å². The van der Waals surface area contributed by atoms with Gasteiger partial charge in [-0.15, -0.1) is 0 Å². The maximum atomic E-state index is 12.1. The van der Waals surface area contributed by atoms with Crippen molar-refractivity contribution in [3.05, 3.63) is 78.4 Å². The average molecular weight is 479 g/mol. The van der Waals surface area contributed by atoms with Gasteiger partial charge in [-0.3, -0.25) is 10.1 Å². The van der Waals surface area contributed by atoms with Gasteiger partial charge < -0.3 is 18.9 Å². The van der Waals surface area contributed by atoms with E-state index in [-0.39, 0.29) is 6.61 Å². The first-order chi connectivity index (χ1) is 16.6. The quantitative estimate of drug-likeness (QED) is 0.337. The van der Waals surface area contributed by atoms with Gasteiger partial charge >= 0.3 is 5.97 Å². The first kappa shape index (κ1) is 23.1. The van der Waals surface area contributed by atoms with Crippen molar-refractivity contribution < 1.29 is 28.5 Å². The molecule has 0 atom stereocenters. The summed E-state index contributed by atoms with van der Waals surface area (Å²) in [7, 11) is 1.58. The molecule has 0 bridgehead atoms. The van der Waals surface area contributed by atoms with Crippen molar-refractivity contribution >= 4 is 38.6 Å². The summed E-state index contributed by atoms with van der Waals surface area (Å²) in [5, 5.41) is 3.04. The zero-order chi connectivity index (χ0) is 23.8. The molecule has 3 aromatic carbocycles. The lowest BCUT2D eigenvalue weighted by Crippen LogP contribution is -2.23. The molecule has 9 heteroatoms. The second-order valence-electron chi connectivity index (χ2n) is 7.10. The number of benzene rings is 3. The number of fused-ring (bicyclic) bond motifs is 1. The molecule has 1 N–H and O–H groups in total. The maximum Gasteiger partial charge on any atom is 0.344 e. The minimum Gasteiger partial charge on any atom is -0.497 e. The highest BCUT2D eigenvalue weighted by Crippen LogP contribution is 2.29. The number of rotatable bonds is 10. The minimum absolute atomic E-state index is 0.321. The molecule has 0 spiro atoms. The number of carbonyl (C=O) groups excluding carboxylic acids is 2. The van der Waals surface area contributed by atoms with E-state index in [1.54, 1.807) is 43.5 Å². The molecule has 0 saturated carbocycles. The summed E-state index contributed by atoms with van der Waals surface area (Å²) in [6.07, 6.45) is 0. The van der Waals surface area contributed by atoms with Crippen molar-refractivity contribution in [2.24, 2.45) is 0 Å². The van der Waals surface area contributed by atoms with Crippen molar-refractivity contribution in [1.29, 1.82) is 0 Å². The summed E-state index contributed by atoms with van der Waals surface area (Å²) in [4.78, 5) is 28.3. The summed E-state index contributed by atoms with van der Waals surface area (Å²) in [5.74, 6) is 0.729. The van der Waals surface area contributed by atoms with Crippen LogP contribution in [-0.2, 0) is 20.9 Å². The predicted molar refractivity (Wildman–Crippen MR) is 128 cm³/mol. The van der Waals surface area contributed by atoms with E-state index in [0.717, 1.165) is 15.8 Å². The highest BCUT2D eigenvalue weighted by Gasteiger charge is 2.12. The maximum absolute atomic E-state index is 12.1. The van der Waals surface area contributed by atoms with Gasteiger partial charge in [0, 0.05) is 0 Å². The Hall–Kier alpha value is -4.11. The normalized spacial score (nSPS) is 10.5. The van der Waals surface area contributed by atoms with Gasteiger partial charge in [0.2, 0.25) is 0 Å². The van der Waals surface area contributed by atoms with Gasteiger partial charge in [-0.2, -0.15) is 0 Å². The van der Waals surface area contributed by atoms with Crippen LogP contribution in [0.2, 0.25) is 0 Å². The Bertz CT molecular complexity index is 1260. The van der Waals surface area contributed by atoms with Crippen LogP contribution in [0.3, 0.4) is 0 Å². The molecular formula is C25H22N2O6S. The predicted octanol–water partition coefficient (Wildman–Crippen LogP) is 4.44. The van der Waals surface area contributed by atoms with Gasteiger partial charge in [0.25, 0.3) is 5.91 Å². The summed E-state index contributed by atoms with van der Waals surface area (Å²) >= 11 is 1.30. The van der Waals surface area contributed by atoms with Crippen LogP contribution < -0.4 is 19.5 Å². The molecule has 0 aliphatic rings. The van der Waals surface area contributed by atoms with Crippen LogP contribution in [0.4, 0.5) is 5.13 Å². The zero-order valence-corrected chi connectivity index (χ0v) is 19.2. The van der Waals surface area contributed by atoms with Crippen molar-refractivity contribution in [2.75, 3.05) is 25.6 Å². The number of ether oxygens (including phenoxy) is 4. The molecule has 0 unspecified atom stereocenters. The summed E-state index contributed by atoms with van der Waals surface area (Å²) in [6.45, 7) is -0.299. The molecule has 1 aromatic heterocycles. The number of aromatic nitrogens is 1. The number of thiazole rings is 1. The SMILES string of the molecule is COc1ccc2nc(NC(=O)COC(=O)COc3ccc(OCc4ccccc4)cc3)sc2c1. The van der Waals surface area contributed by atoms with Gasteiger partial charge in [0.1, 0.15) is 23.9 Å². The van der Waals surface area contributed by atoms with Gasteiger partial charge in [-0.1, -0.05) is 41.7 Å². The van der Waals surface area contributed by atoms with Crippen LogP contribution in [-0.4, -0.2) is 37.2 Å². The fourth-order valence-corrected chi connectivity index (χ4v) is 3.85. The van der Waals surface area contributed by atoms with E-state index < -0.39 is 18.5 Å². The van der Waals surface area contributed by atoms with Crippen LogP contribution in [0.5, 0.6) is 17.2 Å². The van der Waals surface area contributed by atoms with E-state index in [2.05, 4.69) is 10.3 Å². The van der Waals surface area contributed by atoms with Gasteiger partial charge in [-0.05, 0) is 48.0 Å². The lowest BCUT2D eigenvalue weighted by atomic mass is 10.2. The van der Waals surface area contributed by atoms with E-state index in [9.17, 15) is 9.59 Å². The number of amides is 1. The largest absolute Gasteiger partial charge is 0.497 e. The van der Waals surface area contributed by atoms with Crippen LogP contribution >= 0.6 is 11.3 Å². The fourth-order valence-electron chi connectivity index (χ4n) is 2.94. The third-order valence-electron chi connectivity index (χ3n) is 4.63. The van der Waals surface area contributed by atoms with Crippen molar-refractivity contribution in [1.82, 2.24) is 4.98 Å². The number of methoxy groups -OCH3 is 1. The molecule has 0 fully saturated rings. The molecule has 0 saturated heterocycles. The second-order valence-corrected chi connectivity index (χ2v) is 8.13. The Kier molecular flexibility index (Phi) is 7.56. The Balaban J connectivity index is 1.18. The molecule has 34 heavy (non-hydrogen) atoms. The van der Waals surface area contributed by atoms with E-state index in [0.29, 0.717) is 29.0 Å². The lowest BCUT2D eigenvalue weighted by Gasteiger charge is -2.09. The number of anilines is 1. The first-order valence-electron chi connectivity index (χ1n) is 10.4. The van der Waals surface area contributed by atoms with Crippen molar-refractivity contribution in [3.8, 4) is 17.2 Å². The smallest absolute Gasteiger partial charge is 0.344 e. The third kappa shape index (κ3) is 6.46. The number of carbonyl (C=O) groups is 2. The summed E-state index contributed by atoms with van der Waals surface area (Å²) in [6, 6.07) is 22.2. The first-order valence-corrected chi connectivity index (χ1v) is 11.2. The van der Waals surface area contributed by atoms with Crippen molar-refractivity contribution in [2.45, 2.75) is 6.61 Å². The average Bonchev–Trinajstić information content (AvgIpc) is 3.27. The Morgan fingerprint density at radius 1 is 0.882 bits per heavy atom. The molecular weight excluding hydrogens is 456 g/mol. The lowest BCUT2D eigenvalue weighted by molar-refractivity contribution is -0.149. The summed E-state index contributed by atoms with van der Waals surface area (Å²) in [5.41, 5.74) is 1.81. The standard InChI is InChI=1S/C25H22N2O6S/c1-30-20-11-12-21-22(13-20)34-25(26-21)27-23(28)15-33-24(29)16-32-19-9-7-18(8-10-19)31-14-17-5-3-2-4-6-17/h2-13H,14-16H2,1H3,(H,26,27,28). The fraction of sp³-hybridized carbons (Fsp3) is 0.160. The zero-order valence-electron chi connectivity index (χ0n) is 18.4. The number of hydrogen-bond donors (Lipinski definition) is 1. The Morgan fingerprint density at radius 3 is 2.32 bits per heavy atom. The molecule has 1 heterocycles. The summed E-state index contributed by atoms with van der Waals surface area (Å²) < 4.78 is 22.2. The third-order valence-corrected chi connectivity index (χ3v) is 5.57. The van der Waals surface area contributed by atoms with E-state index >= 15 is 0 Å². The molecule has 0 aliphatic carbocycles. The molecule has 0 radical (unpaired) electrons. The van der Waals surface area contributed by atoms with E-state index in [4.69, 9.17) is 18.9 Å². The minimum atomic E-state index is -0.659. The van der Waals surface area contributed by atoms with E-state index in [1.807, 2.05) is 36.4 Å².